The molecule has 3 aromatic rings. The lowest BCUT2D eigenvalue weighted by atomic mass is 10.2. The van der Waals surface area contributed by atoms with E-state index in [9.17, 15) is 0 Å². The second-order valence-corrected chi connectivity index (χ2v) is 5.16. The van der Waals surface area contributed by atoms with Gasteiger partial charge in [-0.2, -0.15) is 4.98 Å². The molecule has 0 radical (unpaired) electrons. The summed E-state index contributed by atoms with van der Waals surface area (Å²) in [6.45, 7) is 2.18. The molecule has 102 valence electrons. The van der Waals surface area contributed by atoms with Crippen molar-refractivity contribution in [3.8, 4) is 11.4 Å². The minimum atomic E-state index is 0.344. The molecule has 0 unspecified atom stereocenters. The van der Waals surface area contributed by atoms with Crippen LogP contribution in [0.25, 0.3) is 11.4 Å². The minimum Gasteiger partial charge on any atom is -0.381 e. The molecule has 2 aromatic heterocycles. The monoisotopic (exact) mass is 334 g/mol. The van der Waals surface area contributed by atoms with Gasteiger partial charge in [-0.25, -0.2) is 4.68 Å². The van der Waals surface area contributed by atoms with Crippen LogP contribution < -0.4 is 5.73 Å². The normalized spacial score (nSPS) is 10.9. The first-order valence-electron chi connectivity index (χ1n) is 5.87. The summed E-state index contributed by atoms with van der Waals surface area (Å²) in [4.78, 5) is 4.34. The number of anilines is 1. The largest absolute Gasteiger partial charge is 0.381 e. The van der Waals surface area contributed by atoms with Gasteiger partial charge in [0.25, 0.3) is 0 Å². The Kier molecular flexibility index (Phi) is 3.23. The standard InChI is InChI=1S/C12H11BrN6O/c1-7-11(14)16-18-19(7)6-10-15-12(17-20-10)8-3-2-4-9(13)5-8/h2-5H,6,14H2,1H3. The van der Waals surface area contributed by atoms with Gasteiger partial charge in [0.05, 0.1) is 5.69 Å². The minimum absolute atomic E-state index is 0.344. The molecular formula is C12H11BrN6O. The number of hydrogen-bond acceptors (Lipinski definition) is 6. The number of aromatic nitrogens is 5. The third kappa shape index (κ3) is 2.42. The predicted octanol–water partition coefficient (Wildman–Crippen LogP) is 2.03. The molecule has 0 saturated heterocycles. The van der Waals surface area contributed by atoms with Crippen molar-refractivity contribution in [1.29, 1.82) is 0 Å². The summed E-state index contributed by atoms with van der Waals surface area (Å²) in [5, 5.41) is 11.7. The quantitative estimate of drug-likeness (QED) is 0.787. The zero-order valence-corrected chi connectivity index (χ0v) is 12.2. The topological polar surface area (TPSA) is 95.7 Å². The molecule has 0 bridgehead atoms. The van der Waals surface area contributed by atoms with E-state index in [0.29, 0.717) is 24.1 Å². The zero-order chi connectivity index (χ0) is 14.1. The summed E-state index contributed by atoms with van der Waals surface area (Å²) in [6, 6.07) is 7.69. The molecule has 0 fully saturated rings. The number of benzene rings is 1. The maximum absolute atomic E-state index is 5.64. The Bertz CT molecular complexity index is 750. The Hall–Kier alpha value is -2.22. The molecule has 0 aliphatic heterocycles. The Labute approximate surface area is 122 Å². The third-order valence-corrected chi connectivity index (χ3v) is 3.35. The fourth-order valence-electron chi connectivity index (χ4n) is 1.72. The van der Waals surface area contributed by atoms with Gasteiger partial charge in [0.15, 0.2) is 5.82 Å². The number of hydrogen-bond donors (Lipinski definition) is 1. The highest BCUT2D eigenvalue weighted by Crippen LogP contribution is 2.20. The van der Waals surface area contributed by atoms with Crippen LogP contribution in [0.15, 0.2) is 33.3 Å². The van der Waals surface area contributed by atoms with Gasteiger partial charge in [0.1, 0.15) is 6.54 Å². The molecule has 20 heavy (non-hydrogen) atoms. The Morgan fingerprint density at radius 2 is 2.25 bits per heavy atom. The van der Waals surface area contributed by atoms with Gasteiger partial charge in [0.2, 0.25) is 11.7 Å². The van der Waals surface area contributed by atoms with Crippen molar-refractivity contribution < 1.29 is 4.52 Å². The van der Waals surface area contributed by atoms with E-state index in [1.165, 1.54) is 0 Å². The predicted molar refractivity (Wildman–Crippen MR) is 75.7 cm³/mol. The van der Waals surface area contributed by atoms with E-state index in [1.807, 2.05) is 31.2 Å². The number of nitrogen functional groups attached to an aromatic ring is 1. The van der Waals surface area contributed by atoms with Crippen LogP contribution in [-0.2, 0) is 6.54 Å². The summed E-state index contributed by atoms with van der Waals surface area (Å²) in [5.74, 6) is 1.39. The molecule has 0 amide bonds. The van der Waals surface area contributed by atoms with Gasteiger partial charge in [-0.15, -0.1) is 5.10 Å². The van der Waals surface area contributed by atoms with Gasteiger partial charge >= 0.3 is 0 Å². The lowest BCUT2D eigenvalue weighted by molar-refractivity contribution is 0.363. The van der Waals surface area contributed by atoms with Gasteiger partial charge in [-0.05, 0) is 19.1 Å². The van der Waals surface area contributed by atoms with Crippen LogP contribution in [0.5, 0.6) is 0 Å². The van der Waals surface area contributed by atoms with Crippen LogP contribution in [0.2, 0.25) is 0 Å². The molecule has 1 aromatic carbocycles. The zero-order valence-electron chi connectivity index (χ0n) is 10.6. The van der Waals surface area contributed by atoms with E-state index in [4.69, 9.17) is 10.3 Å². The van der Waals surface area contributed by atoms with E-state index >= 15 is 0 Å². The molecule has 0 spiro atoms. The third-order valence-electron chi connectivity index (χ3n) is 2.85. The van der Waals surface area contributed by atoms with Crippen LogP contribution in [0.3, 0.4) is 0 Å². The maximum Gasteiger partial charge on any atom is 0.248 e. The Morgan fingerprint density at radius 1 is 1.40 bits per heavy atom. The number of halogens is 1. The van der Waals surface area contributed by atoms with Gasteiger partial charge in [0, 0.05) is 10.0 Å². The van der Waals surface area contributed by atoms with Gasteiger partial charge in [-0.1, -0.05) is 38.4 Å². The van der Waals surface area contributed by atoms with Crippen molar-refractivity contribution in [3.63, 3.8) is 0 Å². The van der Waals surface area contributed by atoms with Crippen LogP contribution in [0.4, 0.5) is 5.82 Å². The van der Waals surface area contributed by atoms with Crippen molar-refractivity contribution in [2.24, 2.45) is 0 Å². The molecule has 3 rings (SSSR count). The molecule has 7 nitrogen and oxygen atoms in total. The lowest BCUT2D eigenvalue weighted by Gasteiger charge is -1.97. The second-order valence-electron chi connectivity index (χ2n) is 4.24. The number of nitrogens with zero attached hydrogens (tertiary/aromatic N) is 5. The second kappa shape index (κ2) is 5.04. The average molecular weight is 335 g/mol. The molecule has 2 heterocycles. The molecule has 0 aliphatic carbocycles. The summed E-state index contributed by atoms with van der Waals surface area (Å²) in [5.41, 5.74) is 7.29. The van der Waals surface area contributed by atoms with Crippen LogP contribution in [0.1, 0.15) is 11.6 Å². The smallest absolute Gasteiger partial charge is 0.248 e. The fourth-order valence-corrected chi connectivity index (χ4v) is 2.12. The van der Waals surface area contributed by atoms with E-state index in [0.717, 1.165) is 15.7 Å². The lowest BCUT2D eigenvalue weighted by Crippen LogP contribution is -2.04. The maximum atomic E-state index is 5.64. The molecule has 8 heteroatoms. The first-order chi connectivity index (χ1) is 9.63. The first kappa shape index (κ1) is 12.8. The highest BCUT2D eigenvalue weighted by Gasteiger charge is 2.12. The van der Waals surface area contributed by atoms with E-state index in [-0.39, 0.29) is 0 Å². The Balaban J connectivity index is 1.85. The van der Waals surface area contributed by atoms with E-state index in [2.05, 4.69) is 36.4 Å². The van der Waals surface area contributed by atoms with E-state index < -0.39 is 0 Å². The molecular weight excluding hydrogens is 324 g/mol. The van der Waals surface area contributed by atoms with Crippen molar-refractivity contribution >= 4 is 21.7 Å². The average Bonchev–Trinajstić information content (AvgIpc) is 3.01. The summed E-state index contributed by atoms with van der Waals surface area (Å²) in [6.07, 6.45) is 0. The van der Waals surface area contributed by atoms with Crippen LogP contribution in [0, 0.1) is 6.92 Å². The van der Waals surface area contributed by atoms with Crippen LogP contribution in [-0.4, -0.2) is 25.1 Å². The molecule has 2 N–H and O–H groups in total. The van der Waals surface area contributed by atoms with Gasteiger partial charge < -0.3 is 10.3 Å². The molecule has 0 atom stereocenters. The van der Waals surface area contributed by atoms with Crippen LogP contribution >= 0.6 is 15.9 Å². The SMILES string of the molecule is Cc1c(N)nnn1Cc1nc(-c2cccc(Br)c2)no1. The summed E-state index contributed by atoms with van der Waals surface area (Å²) < 4.78 is 7.80. The van der Waals surface area contributed by atoms with Crippen molar-refractivity contribution in [1.82, 2.24) is 25.1 Å². The first-order valence-corrected chi connectivity index (χ1v) is 6.67. The van der Waals surface area contributed by atoms with Crippen molar-refractivity contribution in [2.45, 2.75) is 13.5 Å². The summed E-state index contributed by atoms with van der Waals surface area (Å²) >= 11 is 3.41. The fraction of sp³-hybridized carbons (Fsp3) is 0.167. The highest BCUT2D eigenvalue weighted by atomic mass is 79.9. The molecule has 0 saturated carbocycles. The molecule has 0 aliphatic rings. The Morgan fingerprint density at radius 3 is 2.95 bits per heavy atom. The van der Waals surface area contributed by atoms with Crippen molar-refractivity contribution in [2.75, 3.05) is 5.73 Å². The van der Waals surface area contributed by atoms with E-state index in [1.54, 1.807) is 4.68 Å². The van der Waals surface area contributed by atoms with Gasteiger partial charge in [-0.3, -0.25) is 0 Å². The van der Waals surface area contributed by atoms with Crippen molar-refractivity contribution in [3.05, 3.63) is 40.3 Å². The number of rotatable bonds is 3. The number of nitrogens with two attached hydrogens (primary N) is 1. The summed E-state index contributed by atoms with van der Waals surface area (Å²) in [7, 11) is 0. The highest BCUT2D eigenvalue weighted by molar-refractivity contribution is 9.10.